The Morgan fingerprint density at radius 2 is 1.89 bits per heavy atom. The van der Waals surface area contributed by atoms with Gasteiger partial charge < -0.3 is 15.0 Å². The van der Waals surface area contributed by atoms with Crippen LogP contribution >= 0.6 is 11.3 Å². The minimum absolute atomic E-state index is 0.0703. The van der Waals surface area contributed by atoms with E-state index in [0.29, 0.717) is 24.5 Å². The first-order chi connectivity index (χ1) is 17.5. The van der Waals surface area contributed by atoms with Crippen LogP contribution in [0.3, 0.4) is 0 Å². The molecule has 1 aromatic heterocycles. The highest BCUT2D eigenvalue weighted by molar-refractivity contribution is 7.13. The Balaban J connectivity index is 1.24. The molecular formula is C29H27N3O3S. The molecule has 1 unspecified atom stereocenters. The molecule has 0 bridgehead atoms. The van der Waals surface area contributed by atoms with Gasteiger partial charge in [-0.25, -0.2) is 4.98 Å². The lowest BCUT2D eigenvalue weighted by Crippen LogP contribution is -2.32. The zero-order valence-corrected chi connectivity index (χ0v) is 21.0. The van der Waals surface area contributed by atoms with Crippen LogP contribution in [0.4, 0.5) is 5.69 Å². The molecule has 3 aromatic carbocycles. The molecule has 7 heteroatoms. The number of anilines is 1. The van der Waals surface area contributed by atoms with E-state index in [2.05, 4.69) is 28.9 Å². The molecule has 1 fully saturated rings. The van der Waals surface area contributed by atoms with Gasteiger partial charge >= 0.3 is 0 Å². The van der Waals surface area contributed by atoms with Crippen molar-refractivity contribution in [3.05, 3.63) is 89.3 Å². The Kier molecular flexibility index (Phi) is 6.82. The zero-order chi connectivity index (χ0) is 25.1. The molecule has 6 nitrogen and oxygen atoms in total. The lowest BCUT2D eigenvalue weighted by atomic mass is 10.1. The van der Waals surface area contributed by atoms with Crippen LogP contribution in [0, 0.1) is 12.8 Å². The Morgan fingerprint density at radius 1 is 1.08 bits per heavy atom. The summed E-state index contributed by atoms with van der Waals surface area (Å²) in [5, 5.41) is 6.01. The highest BCUT2D eigenvalue weighted by Gasteiger charge is 2.36. The summed E-state index contributed by atoms with van der Waals surface area (Å²) < 4.78 is 5.44. The number of benzene rings is 3. The maximum atomic E-state index is 12.9. The largest absolute Gasteiger partial charge is 0.495 e. The van der Waals surface area contributed by atoms with Crippen LogP contribution < -0.4 is 15.0 Å². The molecule has 1 atom stereocenters. The standard InChI is InChI=1S/C29H27N3O3S/c1-19-11-12-26(35-2)25(13-19)32-17-23(15-27(32)33)28(34)30-16-20-7-6-10-22(14-20)29-31-24(18-36-29)21-8-4-3-5-9-21/h3-14,18,23H,15-17H2,1-2H3,(H,30,34). The van der Waals surface area contributed by atoms with Crippen LogP contribution in [-0.4, -0.2) is 30.5 Å². The van der Waals surface area contributed by atoms with Crippen molar-refractivity contribution in [2.75, 3.05) is 18.6 Å². The fourth-order valence-corrected chi connectivity index (χ4v) is 5.25. The third-order valence-corrected chi connectivity index (χ3v) is 7.23. The van der Waals surface area contributed by atoms with Crippen molar-refractivity contribution in [3.63, 3.8) is 0 Å². The van der Waals surface area contributed by atoms with Gasteiger partial charge in [-0.15, -0.1) is 11.3 Å². The number of thiazole rings is 1. The van der Waals surface area contributed by atoms with Gasteiger partial charge in [0.05, 0.1) is 24.4 Å². The molecule has 1 aliphatic heterocycles. The molecule has 1 saturated heterocycles. The fourth-order valence-electron chi connectivity index (χ4n) is 4.42. The van der Waals surface area contributed by atoms with E-state index in [4.69, 9.17) is 9.72 Å². The number of hydrogen-bond acceptors (Lipinski definition) is 5. The van der Waals surface area contributed by atoms with Gasteiger partial charge in [-0.3, -0.25) is 9.59 Å². The van der Waals surface area contributed by atoms with Crippen molar-refractivity contribution < 1.29 is 14.3 Å². The van der Waals surface area contributed by atoms with E-state index in [9.17, 15) is 9.59 Å². The maximum Gasteiger partial charge on any atom is 0.227 e. The van der Waals surface area contributed by atoms with E-state index in [1.807, 2.05) is 61.5 Å². The molecule has 2 heterocycles. The molecule has 0 aliphatic carbocycles. The molecule has 182 valence electrons. The lowest BCUT2D eigenvalue weighted by molar-refractivity contribution is -0.126. The quantitative estimate of drug-likeness (QED) is 0.368. The van der Waals surface area contributed by atoms with E-state index in [0.717, 1.165) is 33.0 Å². The van der Waals surface area contributed by atoms with E-state index in [1.54, 1.807) is 23.3 Å². The van der Waals surface area contributed by atoms with Crippen molar-refractivity contribution in [2.45, 2.75) is 19.9 Å². The fraction of sp³-hybridized carbons (Fsp3) is 0.207. The van der Waals surface area contributed by atoms with Gasteiger partial charge in [0.2, 0.25) is 11.8 Å². The molecule has 0 radical (unpaired) electrons. The second-order valence-corrected chi connectivity index (χ2v) is 9.76. The molecule has 1 N–H and O–H groups in total. The number of carbonyl (C=O) groups is 2. The molecule has 36 heavy (non-hydrogen) atoms. The number of aryl methyl sites for hydroxylation is 1. The maximum absolute atomic E-state index is 12.9. The minimum Gasteiger partial charge on any atom is -0.495 e. The van der Waals surface area contributed by atoms with Gasteiger partial charge in [-0.1, -0.05) is 54.6 Å². The Morgan fingerprint density at radius 3 is 2.69 bits per heavy atom. The number of hydrogen-bond donors (Lipinski definition) is 1. The SMILES string of the molecule is COc1ccc(C)cc1N1CC(C(=O)NCc2cccc(-c3nc(-c4ccccc4)cs3)c2)CC1=O. The number of nitrogens with zero attached hydrogens (tertiary/aromatic N) is 2. The third-order valence-electron chi connectivity index (χ3n) is 6.34. The molecule has 4 aromatic rings. The predicted octanol–water partition coefficient (Wildman–Crippen LogP) is 5.46. The highest BCUT2D eigenvalue weighted by Crippen LogP contribution is 2.34. The van der Waals surface area contributed by atoms with E-state index >= 15 is 0 Å². The topological polar surface area (TPSA) is 71.5 Å². The van der Waals surface area contributed by atoms with Gasteiger partial charge in [0.25, 0.3) is 0 Å². The van der Waals surface area contributed by atoms with Gasteiger partial charge in [0.1, 0.15) is 10.8 Å². The van der Waals surface area contributed by atoms with Crippen LogP contribution in [0.15, 0.2) is 78.2 Å². The molecule has 5 rings (SSSR count). The van der Waals surface area contributed by atoms with Gasteiger partial charge in [-0.05, 0) is 36.2 Å². The van der Waals surface area contributed by atoms with Crippen molar-refractivity contribution in [2.24, 2.45) is 5.92 Å². The van der Waals surface area contributed by atoms with E-state index < -0.39 is 5.92 Å². The van der Waals surface area contributed by atoms with E-state index in [1.165, 1.54) is 0 Å². The average Bonchev–Trinajstić information content (AvgIpc) is 3.55. The van der Waals surface area contributed by atoms with Gasteiger partial charge in [0.15, 0.2) is 0 Å². The van der Waals surface area contributed by atoms with Crippen LogP contribution in [-0.2, 0) is 16.1 Å². The first kappa shape index (κ1) is 23.8. The second-order valence-electron chi connectivity index (χ2n) is 8.90. The van der Waals surface area contributed by atoms with Crippen molar-refractivity contribution in [1.29, 1.82) is 0 Å². The lowest BCUT2D eigenvalue weighted by Gasteiger charge is -2.20. The average molecular weight is 498 g/mol. The van der Waals surface area contributed by atoms with Crippen LogP contribution in [0.1, 0.15) is 17.5 Å². The number of aromatic nitrogens is 1. The van der Waals surface area contributed by atoms with Crippen molar-refractivity contribution in [1.82, 2.24) is 10.3 Å². The van der Waals surface area contributed by atoms with Crippen LogP contribution in [0.2, 0.25) is 0 Å². The summed E-state index contributed by atoms with van der Waals surface area (Å²) in [5.74, 6) is 0.0326. The number of carbonyl (C=O) groups excluding carboxylic acids is 2. The number of rotatable bonds is 7. The summed E-state index contributed by atoms with van der Waals surface area (Å²) in [7, 11) is 1.58. The second kappa shape index (κ2) is 10.3. The van der Waals surface area contributed by atoms with Gasteiger partial charge in [0, 0.05) is 36.0 Å². The summed E-state index contributed by atoms with van der Waals surface area (Å²) in [4.78, 5) is 32.1. The first-order valence-corrected chi connectivity index (χ1v) is 12.7. The predicted molar refractivity (Wildman–Crippen MR) is 143 cm³/mol. The zero-order valence-electron chi connectivity index (χ0n) is 20.2. The number of nitrogens with one attached hydrogen (secondary N) is 1. The minimum atomic E-state index is -0.404. The monoisotopic (exact) mass is 497 g/mol. The number of amides is 2. The number of ether oxygens (including phenoxy) is 1. The summed E-state index contributed by atoms with van der Waals surface area (Å²) >= 11 is 1.60. The van der Waals surface area contributed by atoms with Crippen molar-refractivity contribution in [3.8, 4) is 27.6 Å². The first-order valence-electron chi connectivity index (χ1n) is 11.8. The molecule has 0 spiro atoms. The van der Waals surface area contributed by atoms with Crippen LogP contribution in [0.25, 0.3) is 21.8 Å². The Hall–Kier alpha value is -3.97. The smallest absolute Gasteiger partial charge is 0.227 e. The highest BCUT2D eigenvalue weighted by atomic mass is 32.1. The van der Waals surface area contributed by atoms with Crippen molar-refractivity contribution >= 4 is 28.8 Å². The molecule has 1 aliphatic rings. The Labute approximate surface area is 214 Å². The third kappa shape index (κ3) is 5.02. The van der Waals surface area contributed by atoms with Gasteiger partial charge in [-0.2, -0.15) is 0 Å². The Bertz CT molecular complexity index is 1400. The summed E-state index contributed by atoms with van der Waals surface area (Å²) in [6.45, 7) is 2.70. The normalized spacial score (nSPS) is 15.2. The molecular weight excluding hydrogens is 470 g/mol. The summed E-state index contributed by atoms with van der Waals surface area (Å²) in [6.07, 6.45) is 0.185. The molecule has 2 amide bonds. The number of methoxy groups -OCH3 is 1. The summed E-state index contributed by atoms with van der Waals surface area (Å²) in [6, 6.07) is 23.9. The summed E-state index contributed by atoms with van der Waals surface area (Å²) in [5.41, 5.74) is 5.79. The molecule has 0 saturated carbocycles. The van der Waals surface area contributed by atoms with Crippen LogP contribution in [0.5, 0.6) is 5.75 Å². The van der Waals surface area contributed by atoms with E-state index in [-0.39, 0.29) is 18.2 Å².